The van der Waals surface area contributed by atoms with Crippen LogP contribution in [-0.4, -0.2) is 34.5 Å². The summed E-state index contributed by atoms with van der Waals surface area (Å²) in [4.78, 5) is 24.8. The first-order valence-electron chi connectivity index (χ1n) is 8.55. The number of hydrogen-bond donors (Lipinski definition) is 0. The van der Waals surface area contributed by atoms with Crippen LogP contribution >= 0.6 is 0 Å². The predicted molar refractivity (Wildman–Crippen MR) is 97.8 cm³/mol. The number of esters is 2. The molecule has 6 nitrogen and oxygen atoms in total. The SMILES string of the molecule is CCOC(=O)c1ccc2ccc3c(C(=O)OCC)ccc4ccc1n4-n23. The summed E-state index contributed by atoms with van der Waals surface area (Å²) < 4.78 is 14.2. The molecule has 0 spiro atoms. The van der Waals surface area contributed by atoms with Gasteiger partial charge in [-0.15, -0.1) is 0 Å². The third kappa shape index (κ3) is 2.34. The first kappa shape index (κ1) is 16.2. The van der Waals surface area contributed by atoms with Crippen molar-refractivity contribution in [1.29, 1.82) is 0 Å². The van der Waals surface area contributed by atoms with E-state index in [1.807, 2.05) is 45.8 Å². The Bertz CT molecular complexity index is 1020. The lowest BCUT2D eigenvalue weighted by Gasteiger charge is -2.11. The van der Waals surface area contributed by atoms with Crippen molar-refractivity contribution in [2.45, 2.75) is 13.8 Å². The lowest BCUT2D eigenvalue weighted by atomic mass is 10.2. The third-order valence-electron chi connectivity index (χ3n) is 4.35. The van der Waals surface area contributed by atoms with E-state index < -0.39 is 0 Å². The second kappa shape index (κ2) is 6.22. The van der Waals surface area contributed by atoms with Crippen LogP contribution in [0, 0.1) is 0 Å². The number of hydrogen-bond acceptors (Lipinski definition) is 4. The summed E-state index contributed by atoms with van der Waals surface area (Å²) in [6.45, 7) is 4.18. The first-order chi connectivity index (χ1) is 12.7. The molecule has 0 aromatic carbocycles. The van der Waals surface area contributed by atoms with Gasteiger partial charge in [0.15, 0.2) is 0 Å². The largest absolute Gasteiger partial charge is 0.462 e. The molecule has 2 aliphatic rings. The van der Waals surface area contributed by atoms with Crippen LogP contribution in [0.2, 0.25) is 0 Å². The summed E-state index contributed by atoms with van der Waals surface area (Å²) >= 11 is 0. The second-order valence-corrected chi connectivity index (χ2v) is 5.85. The van der Waals surface area contributed by atoms with Crippen LogP contribution in [0.4, 0.5) is 0 Å². The molecule has 2 aliphatic heterocycles. The highest BCUT2D eigenvalue weighted by atomic mass is 16.5. The van der Waals surface area contributed by atoms with E-state index in [4.69, 9.17) is 9.47 Å². The zero-order valence-electron chi connectivity index (χ0n) is 14.6. The van der Waals surface area contributed by atoms with Crippen LogP contribution in [0.3, 0.4) is 0 Å². The minimum Gasteiger partial charge on any atom is -0.462 e. The molecule has 0 saturated heterocycles. The molecule has 0 saturated carbocycles. The van der Waals surface area contributed by atoms with Gasteiger partial charge >= 0.3 is 11.9 Å². The highest BCUT2D eigenvalue weighted by molar-refractivity contribution is 6.00. The van der Waals surface area contributed by atoms with Gasteiger partial charge in [0.05, 0.1) is 46.4 Å². The molecule has 2 aromatic rings. The molecule has 6 heteroatoms. The smallest absolute Gasteiger partial charge is 0.340 e. The lowest BCUT2D eigenvalue weighted by molar-refractivity contribution is 0.0518. The van der Waals surface area contributed by atoms with Crippen LogP contribution in [0.1, 0.15) is 34.6 Å². The molecule has 0 atom stereocenters. The molecular formula is C20H18N2O4. The number of rotatable bonds is 4. The van der Waals surface area contributed by atoms with E-state index in [-0.39, 0.29) is 11.9 Å². The quantitative estimate of drug-likeness (QED) is 0.527. The van der Waals surface area contributed by atoms with E-state index in [1.54, 1.807) is 26.0 Å². The molecule has 0 amide bonds. The monoisotopic (exact) mass is 350 g/mol. The number of aromatic nitrogens is 2. The van der Waals surface area contributed by atoms with E-state index >= 15 is 0 Å². The molecule has 0 unspecified atom stereocenters. The van der Waals surface area contributed by atoms with Gasteiger partial charge in [0, 0.05) is 0 Å². The number of nitrogens with zero attached hydrogens (tertiary/aromatic N) is 2. The second-order valence-electron chi connectivity index (χ2n) is 5.85. The summed E-state index contributed by atoms with van der Waals surface area (Å²) in [6.07, 6.45) is 0. The van der Waals surface area contributed by atoms with Crippen molar-refractivity contribution in [3.8, 4) is 0 Å². The van der Waals surface area contributed by atoms with E-state index in [2.05, 4.69) is 0 Å². The van der Waals surface area contributed by atoms with Crippen molar-refractivity contribution in [2.75, 3.05) is 13.2 Å². The molecule has 4 rings (SSSR count). The highest BCUT2D eigenvalue weighted by Crippen LogP contribution is 2.27. The lowest BCUT2D eigenvalue weighted by Crippen LogP contribution is -2.12. The summed E-state index contributed by atoms with van der Waals surface area (Å²) in [5.74, 6) is -0.750. The Labute approximate surface area is 149 Å². The summed E-state index contributed by atoms with van der Waals surface area (Å²) in [7, 11) is 0. The Hall–Kier alpha value is -3.28. The van der Waals surface area contributed by atoms with Crippen molar-refractivity contribution >= 4 is 34.0 Å². The van der Waals surface area contributed by atoms with Crippen molar-refractivity contribution in [1.82, 2.24) is 9.35 Å². The Balaban J connectivity index is 2.07. The molecule has 0 bridgehead atoms. The van der Waals surface area contributed by atoms with Gasteiger partial charge in [-0.25, -0.2) is 18.9 Å². The van der Waals surface area contributed by atoms with Gasteiger partial charge in [-0.3, -0.25) is 0 Å². The van der Waals surface area contributed by atoms with Gasteiger partial charge < -0.3 is 9.47 Å². The topological polar surface area (TPSA) is 62.5 Å². The minimum atomic E-state index is -0.375. The van der Waals surface area contributed by atoms with Gasteiger partial charge in [0.25, 0.3) is 0 Å². The first-order valence-corrected chi connectivity index (χ1v) is 8.55. The van der Waals surface area contributed by atoms with E-state index in [0.29, 0.717) is 35.4 Å². The molecule has 26 heavy (non-hydrogen) atoms. The van der Waals surface area contributed by atoms with E-state index in [0.717, 1.165) is 11.0 Å². The standard InChI is InChI=1S/C20H18N2O4/c1-3-25-19(23)15-9-5-13-8-12-18-16(20(24)26-4-2)10-6-14-7-11-17(15)21(14)22(13)18/h5-12H,3-4H2,1-2H3. The zero-order valence-corrected chi connectivity index (χ0v) is 14.6. The molecule has 0 N–H and O–H groups in total. The fourth-order valence-electron chi connectivity index (χ4n) is 3.27. The third-order valence-corrected chi connectivity index (χ3v) is 4.35. The van der Waals surface area contributed by atoms with Gasteiger partial charge in [-0.1, -0.05) is 0 Å². The fourth-order valence-corrected chi connectivity index (χ4v) is 3.27. The van der Waals surface area contributed by atoms with Crippen molar-refractivity contribution < 1.29 is 19.1 Å². The van der Waals surface area contributed by atoms with Gasteiger partial charge in [-0.05, 0) is 62.4 Å². The molecular weight excluding hydrogens is 332 g/mol. The van der Waals surface area contributed by atoms with E-state index in [9.17, 15) is 9.59 Å². The molecule has 0 radical (unpaired) electrons. The molecule has 0 aliphatic carbocycles. The molecule has 4 heterocycles. The normalized spacial score (nSPS) is 11.3. The Morgan fingerprint density at radius 3 is 1.46 bits per heavy atom. The van der Waals surface area contributed by atoms with Crippen molar-refractivity contribution in [2.24, 2.45) is 0 Å². The maximum absolute atomic E-state index is 12.4. The van der Waals surface area contributed by atoms with Crippen molar-refractivity contribution in [3.63, 3.8) is 0 Å². The average Bonchev–Trinajstić information content (AvgIpc) is 3.12. The summed E-state index contributed by atoms with van der Waals surface area (Å²) in [5.41, 5.74) is 4.06. The summed E-state index contributed by atoms with van der Waals surface area (Å²) in [6, 6.07) is 14.8. The molecule has 132 valence electrons. The van der Waals surface area contributed by atoms with Gasteiger partial charge in [-0.2, -0.15) is 0 Å². The Morgan fingerprint density at radius 2 is 1.08 bits per heavy atom. The van der Waals surface area contributed by atoms with E-state index in [1.165, 1.54) is 0 Å². The Morgan fingerprint density at radius 1 is 0.692 bits per heavy atom. The predicted octanol–water partition coefficient (Wildman–Crippen LogP) is 3.70. The fraction of sp³-hybridized carbons (Fsp3) is 0.200. The van der Waals surface area contributed by atoms with Crippen LogP contribution in [0.5, 0.6) is 0 Å². The maximum atomic E-state index is 12.4. The van der Waals surface area contributed by atoms with Gasteiger partial charge in [0.2, 0.25) is 0 Å². The number of carbonyl (C=O) groups excluding carboxylic acids is 2. The molecule has 0 fully saturated rings. The number of carbonyl (C=O) groups is 2. The highest BCUT2D eigenvalue weighted by Gasteiger charge is 2.20. The zero-order chi connectivity index (χ0) is 18.3. The Kier molecular flexibility index (Phi) is 3.88. The van der Waals surface area contributed by atoms with Gasteiger partial charge in [0.1, 0.15) is 0 Å². The average molecular weight is 350 g/mol. The van der Waals surface area contributed by atoms with Crippen molar-refractivity contribution in [3.05, 3.63) is 59.7 Å². The van der Waals surface area contributed by atoms with Crippen LogP contribution in [0.25, 0.3) is 22.1 Å². The number of ether oxygens (including phenoxy) is 2. The molecule has 2 aromatic heterocycles. The van der Waals surface area contributed by atoms with Crippen LogP contribution < -0.4 is 0 Å². The maximum Gasteiger partial charge on any atom is 0.340 e. The minimum absolute atomic E-state index is 0.308. The summed E-state index contributed by atoms with van der Waals surface area (Å²) in [5, 5.41) is 0. The van der Waals surface area contributed by atoms with Crippen LogP contribution in [-0.2, 0) is 9.47 Å². The van der Waals surface area contributed by atoms with Crippen LogP contribution in [0.15, 0.2) is 48.5 Å².